The van der Waals surface area contributed by atoms with E-state index in [1.807, 2.05) is 24.4 Å². The van der Waals surface area contributed by atoms with E-state index in [9.17, 15) is 9.59 Å². The van der Waals surface area contributed by atoms with Crippen molar-refractivity contribution in [2.24, 2.45) is 0 Å². The number of rotatable bonds is 5. The zero-order chi connectivity index (χ0) is 16.2. The summed E-state index contributed by atoms with van der Waals surface area (Å²) in [6.07, 6.45) is 2.76. The van der Waals surface area contributed by atoms with Gasteiger partial charge in [0.05, 0.1) is 23.4 Å². The quantitative estimate of drug-likeness (QED) is 0.767. The summed E-state index contributed by atoms with van der Waals surface area (Å²) in [5.41, 5.74) is 0.668. The van der Waals surface area contributed by atoms with Gasteiger partial charge in [-0.3, -0.25) is 14.2 Å². The summed E-state index contributed by atoms with van der Waals surface area (Å²) in [7, 11) is 0. The monoisotopic (exact) mass is 346 g/mol. The van der Waals surface area contributed by atoms with Crippen LogP contribution in [0.15, 0.2) is 40.9 Å². The molecule has 0 spiro atoms. The maximum Gasteiger partial charge on any atom is 0.253 e. The molecule has 8 heteroatoms. The molecule has 0 aliphatic rings. The average molecular weight is 346 g/mol. The first-order valence-electron chi connectivity index (χ1n) is 6.91. The highest BCUT2D eigenvalue weighted by molar-refractivity contribution is 7.21. The highest BCUT2D eigenvalue weighted by Crippen LogP contribution is 2.30. The maximum absolute atomic E-state index is 12.0. The van der Waals surface area contributed by atoms with E-state index in [4.69, 9.17) is 0 Å². The number of hydrogen-bond acceptors (Lipinski definition) is 6. The van der Waals surface area contributed by atoms with Crippen molar-refractivity contribution in [2.45, 2.75) is 20.0 Å². The molecule has 0 fully saturated rings. The molecule has 3 rings (SSSR count). The highest BCUT2D eigenvalue weighted by atomic mass is 32.1. The Morgan fingerprint density at radius 2 is 2.26 bits per heavy atom. The second kappa shape index (κ2) is 6.84. The van der Waals surface area contributed by atoms with Crippen LogP contribution in [0.25, 0.3) is 9.88 Å². The van der Waals surface area contributed by atoms with Gasteiger partial charge in [0, 0.05) is 17.1 Å². The molecule has 3 aromatic heterocycles. The van der Waals surface area contributed by atoms with Crippen molar-refractivity contribution in [3.63, 3.8) is 0 Å². The van der Waals surface area contributed by atoms with Crippen LogP contribution < -0.4 is 10.9 Å². The number of carbonyl (C=O) groups is 1. The molecule has 0 aliphatic carbocycles. The number of hydrogen-bond donors (Lipinski definition) is 1. The van der Waals surface area contributed by atoms with Gasteiger partial charge < -0.3 is 5.32 Å². The van der Waals surface area contributed by atoms with Crippen LogP contribution in [0.2, 0.25) is 0 Å². The minimum atomic E-state index is -0.246. The first-order chi connectivity index (χ1) is 11.1. The zero-order valence-corrected chi connectivity index (χ0v) is 14.0. The van der Waals surface area contributed by atoms with E-state index >= 15 is 0 Å². The standard InChI is InChI=1S/C15H14N4O2S2/c1-10-12(23-15(18-10)11-3-2-6-22-11)7-17-13(20)8-19-9-16-5-4-14(19)21/h2-6,9H,7-8H2,1H3,(H,17,20). The Morgan fingerprint density at radius 1 is 1.39 bits per heavy atom. The molecule has 0 atom stereocenters. The fraction of sp³-hybridized carbons (Fsp3) is 0.200. The van der Waals surface area contributed by atoms with E-state index in [0.29, 0.717) is 6.54 Å². The second-order valence-corrected chi connectivity index (χ2v) is 6.86. The van der Waals surface area contributed by atoms with E-state index < -0.39 is 0 Å². The summed E-state index contributed by atoms with van der Waals surface area (Å²) in [6, 6.07) is 5.35. The number of carbonyl (C=O) groups excluding carboxylic acids is 1. The number of nitrogens with one attached hydrogen (secondary N) is 1. The molecule has 3 heterocycles. The summed E-state index contributed by atoms with van der Waals surface area (Å²) in [4.78, 5) is 34.0. The molecular weight excluding hydrogens is 332 g/mol. The minimum Gasteiger partial charge on any atom is -0.350 e. The lowest BCUT2D eigenvalue weighted by atomic mass is 10.4. The molecule has 3 aromatic rings. The SMILES string of the molecule is Cc1nc(-c2cccs2)sc1CNC(=O)Cn1cnccc1=O. The Kier molecular flexibility index (Phi) is 4.63. The molecule has 1 N–H and O–H groups in total. The predicted molar refractivity (Wildman–Crippen MR) is 90.5 cm³/mol. The van der Waals surface area contributed by atoms with Crippen molar-refractivity contribution in [1.82, 2.24) is 19.9 Å². The van der Waals surface area contributed by atoms with Crippen LogP contribution in [0, 0.1) is 6.92 Å². The average Bonchev–Trinajstić information content (AvgIpc) is 3.17. The predicted octanol–water partition coefficient (Wildman–Crippen LogP) is 2.05. The molecule has 6 nitrogen and oxygen atoms in total. The molecule has 0 aliphatic heterocycles. The fourth-order valence-electron chi connectivity index (χ4n) is 1.98. The number of thiazole rings is 1. The van der Waals surface area contributed by atoms with Crippen molar-refractivity contribution in [2.75, 3.05) is 0 Å². The Hall–Kier alpha value is -2.32. The molecule has 118 valence electrons. The molecule has 0 saturated heterocycles. The molecule has 0 radical (unpaired) electrons. The summed E-state index contributed by atoms with van der Waals surface area (Å²) >= 11 is 3.21. The summed E-state index contributed by atoms with van der Waals surface area (Å²) < 4.78 is 1.27. The van der Waals surface area contributed by atoms with E-state index in [-0.39, 0.29) is 18.0 Å². The zero-order valence-electron chi connectivity index (χ0n) is 12.4. The van der Waals surface area contributed by atoms with Gasteiger partial charge in [-0.05, 0) is 18.4 Å². The van der Waals surface area contributed by atoms with Gasteiger partial charge in [0.25, 0.3) is 5.56 Å². The topological polar surface area (TPSA) is 76.9 Å². The highest BCUT2D eigenvalue weighted by Gasteiger charge is 2.11. The van der Waals surface area contributed by atoms with Crippen molar-refractivity contribution >= 4 is 28.6 Å². The largest absolute Gasteiger partial charge is 0.350 e. The lowest BCUT2D eigenvalue weighted by Gasteiger charge is -2.05. The first kappa shape index (κ1) is 15.6. The van der Waals surface area contributed by atoms with E-state index in [1.54, 1.807) is 22.7 Å². The summed E-state index contributed by atoms with van der Waals surface area (Å²) in [6.45, 7) is 2.30. The Balaban J connectivity index is 1.63. The molecule has 0 aromatic carbocycles. The van der Waals surface area contributed by atoms with Crippen molar-refractivity contribution in [3.05, 3.63) is 57.0 Å². The van der Waals surface area contributed by atoms with E-state index in [0.717, 1.165) is 20.5 Å². The number of amides is 1. The van der Waals surface area contributed by atoms with Crippen LogP contribution in [0.4, 0.5) is 0 Å². The number of thiophene rings is 1. The van der Waals surface area contributed by atoms with Gasteiger partial charge in [0.15, 0.2) is 0 Å². The van der Waals surface area contributed by atoms with Gasteiger partial charge in [0.1, 0.15) is 11.6 Å². The van der Waals surface area contributed by atoms with Crippen LogP contribution >= 0.6 is 22.7 Å². The van der Waals surface area contributed by atoms with Crippen molar-refractivity contribution in [3.8, 4) is 9.88 Å². The smallest absolute Gasteiger partial charge is 0.253 e. The third-order valence-corrected chi connectivity index (χ3v) is 5.37. The second-order valence-electron chi connectivity index (χ2n) is 4.83. The van der Waals surface area contributed by atoms with Gasteiger partial charge in [0.2, 0.25) is 5.91 Å². The third-order valence-electron chi connectivity index (χ3n) is 3.18. The Labute approximate surface area is 140 Å². The van der Waals surface area contributed by atoms with E-state index in [1.165, 1.54) is 23.2 Å². The van der Waals surface area contributed by atoms with E-state index in [2.05, 4.69) is 15.3 Å². The molecule has 0 unspecified atom stereocenters. The van der Waals surface area contributed by atoms with Gasteiger partial charge in [-0.1, -0.05) is 6.07 Å². The van der Waals surface area contributed by atoms with Crippen LogP contribution in [0.1, 0.15) is 10.6 Å². The normalized spacial score (nSPS) is 10.7. The van der Waals surface area contributed by atoms with Gasteiger partial charge >= 0.3 is 0 Å². The molecular formula is C15H14N4O2S2. The Morgan fingerprint density at radius 3 is 3.00 bits per heavy atom. The molecule has 0 saturated carbocycles. The van der Waals surface area contributed by atoms with Crippen LogP contribution in [0.3, 0.4) is 0 Å². The number of aryl methyl sites for hydroxylation is 1. The fourth-order valence-corrected chi connectivity index (χ4v) is 3.78. The number of aromatic nitrogens is 3. The summed E-state index contributed by atoms with van der Waals surface area (Å²) in [5, 5.41) is 5.80. The van der Waals surface area contributed by atoms with Crippen molar-refractivity contribution in [1.29, 1.82) is 0 Å². The van der Waals surface area contributed by atoms with Crippen molar-refractivity contribution < 1.29 is 4.79 Å². The minimum absolute atomic E-state index is 0.0394. The molecule has 23 heavy (non-hydrogen) atoms. The van der Waals surface area contributed by atoms with Crippen LogP contribution in [-0.4, -0.2) is 20.4 Å². The Bertz CT molecular complexity index is 868. The third kappa shape index (κ3) is 3.72. The number of nitrogens with zero attached hydrogens (tertiary/aromatic N) is 3. The maximum atomic E-state index is 12.0. The molecule has 1 amide bonds. The van der Waals surface area contributed by atoms with Gasteiger partial charge in [-0.2, -0.15) is 0 Å². The lowest BCUT2D eigenvalue weighted by Crippen LogP contribution is -2.31. The van der Waals surface area contributed by atoms with Crippen LogP contribution in [-0.2, 0) is 17.9 Å². The van der Waals surface area contributed by atoms with Gasteiger partial charge in [-0.15, -0.1) is 22.7 Å². The summed E-state index contributed by atoms with van der Waals surface area (Å²) in [5.74, 6) is -0.231. The lowest BCUT2D eigenvalue weighted by molar-refractivity contribution is -0.121. The van der Waals surface area contributed by atoms with Gasteiger partial charge in [-0.25, -0.2) is 9.97 Å². The van der Waals surface area contributed by atoms with Crippen LogP contribution in [0.5, 0.6) is 0 Å². The first-order valence-corrected chi connectivity index (χ1v) is 8.60. The molecule has 0 bridgehead atoms.